The van der Waals surface area contributed by atoms with Crippen molar-refractivity contribution in [3.8, 4) is 40.0 Å². The Labute approximate surface area is 260 Å². The molecule has 0 radical (unpaired) electrons. The quantitative estimate of drug-likeness (QED) is 0.141. The highest BCUT2D eigenvalue weighted by Crippen LogP contribution is 2.41. The molecule has 2 aromatic carbocycles. The molecule has 0 aliphatic carbocycles. The van der Waals surface area contributed by atoms with Crippen molar-refractivity contribution in [2.75, 3.05) is 21.0 Å². The van der Waals surface area contributed by atoms with E-state index in [1.54, 1.807) is 54.9 Å². The van der Waals surface area contributed by atoms with Crippen LogP contribution in [0.15, 0.2) is 60.4 Å². The average molecular weight is 615 g/mol. The first kappa shape index (κ1) is 31.0. The molecule has 0 fully saturated rings. The highest BCUT2D eigenvalue weighted by Gasteiger charge is 2.23. The van der Waals surface area contributed by atoms with E-state index >= 15 is 0 Å². The number of nitrogens with one attached hydrogen (secondary N) is 1. The van der Waals surface area contributed by atoms with Crippen LogP contribution < -0.4 is 23.7 Å². The number of unbranched alkanes of at least 4 members (excludes halogenated alkanes) is 1. The number of nitrogens with zero attached hydrogens (tertiary/aromatic N) is 1. The Balaban J connectivity index is 1.58. The molecule has 2 aromatic heterocycles. The van der Waals surface area contributed by atoms with Crippen LogP contribution in [0.1, 0.15) is 52.5 Å². The fourth-order valence-electron chi connectivity index (χ4n) is 5.19. The van der Waals surface area contributed by atoms with Crippen molar-refractivity contribution in [2.45, 2.75) is 39.2 Å². The number of aromatic nitrogens is 2. The van der Waals surface area contributed by atoms with Crippen LogP contribution in [0.4, 0.5) is 0 Å². The third kappa shape index (κ3) is 6.87. The Bertz CT molecular complexity index is 1740. The lowest BCUT2D eigenvalue weighted by atomic mass is 9.96. The Morgan fingerprint density at radius 3 is 2.51 bits per heavy atom. The van der Waals surface area contributed by atoms with Crippen LogP contribution in [0.2, 0.25) is 0 Å². The zero-order chi connectivity index (χ0) is 31.9. The second kappa shape index (κ2) is 13.9. The number of benzene rings is 2. The molecule has 3 heterocycles. The number of H-pyrrole nitrogens is 1. The first-order chi connectivity index (χ1) is 21.8. The largest absolute Gasteiger partial charge is 0.496 e. The maximum Gasteiger partial charge on any atom is 0.336 e. The topological polar surface area (TPSA) is 149 Å². The number of carbonyl (C=O) groups is 2. The van der Waals surface area contributed by atoms with Crippen LogP contribution in [-0.4, -0.2) is 53.1 Å². The summed E-state index contributed by atoms with van der Waals surface area (Å²) >= 11 is 0. The second-order valence-corrected chi connectivity index (χ2v) is 10.3. The van der Waals surface area contributed by atoms with Crippen molar-refractivity contribution in [2.24, 2.45) is 0 Å². The average Bonchev–Trinajstić information content (AvgIpc) is 3.68. The number of ether oxygens (including phenoxy) is 5. The van der Waals surface area contributed by atoms with Crippen molar-refractivity contribution >= 4 is 18.0 Å². The van der Waals surface area contributed by atoms with Gasteiger partial charge in [0, 0.05) is 70.0 Å². The number of rotatable bonds is 14. The second-order valence-electron chi connectivity index (χ2n) is 10.3. The Morgan fingerprint density at radius 2 is 1.80 bits per heavy atom. The highest BCUT2D eigenvalue weighted by atomic mass is 16.7. The molecule has 1 aliphatic heterocycles. The smallest absolute Gasteiger partial charge is 0.336 e. The molecule has 0 atom stereocenters. The molecule has 0 saturated heterocycles. The van der Waals surface area contributed by atoms with Gasteiger partial charge in [-0.3, -0.25) is 0 Å². The molecule has 0 amide bonds. The molecule has 234 valence electrons. The molecule has 5 rings (SSSR count). The lowest BCUT2D eigenvalue weighted by molar-refractivity contribution is -0.132. The first-order valence-electron chi connectivity index (χ1n) is 14.4. The Kier molecular flexibility index (Phi) is 9.57. The van der Waals surface area contributed by atoms with Crippen LogP contribution in [0.3, 0.4) is 0 Å². The van der Waals surface area contributed by atoms with E-state index in [2.05, 4.69) is 16.9 Å². The minimum absolute atomic E-state index is 0.0210. The summed E-state index contributed by atoms with van der Waals surface area (Å²) in [5, 5.41) is 19.9. The number of pyridine rings is 1. The van der Waals surface area contributed by atoms with E-state index in [9.17, 15) is 19.8 Å². The van der Waals surface area contributed by atoms with Crippen LogP contribution in [0.25, 0.3) is 17.2 Å². The van der Waals surface area contributed by atoms with Crippen molar-refractivity contribution in [1.29, 1.82) is 0 Å². The number of aromatic amines is 1. The van der Waals surface area contributed by atoms with Crippen molar-refractivity contribution in [3.05, 3.63) is 88.4 Å². The van der Waals surface area contributed by atoms with Crippen molar-refractivity contribution in [1.82, 2.24) is 9.97 Å². The fraction of sp³-hybridized carbons (Fsp3) is 0.265. The van der Waals surface area contributed by atoms with E-state index in [4.69, 9.17) is 23.7 Å². The number of aromatic carboxylic acids is 1. The lowest BCUT2D eigenvalue weighted by Gasteiger charge is -2.15. The van der Waals surface area contributed by atoms with E-state index < -0.39 is 11.9 Å². The van der Waals surface area contributed by atoms with Gasteiger partial charge in [0.25, 0.3) is 0 Å². The summed E-state index contributed by atoms with van der Waals surface area (Å²) in [5.41, 5.74) is 4.23. The molecular formula is C34H34N2O9. The summed E-state index contributed by atoms with van der Waals surface area (Å²) in [6.45, 7) is 2.15. The predicted molar refractivity (Wildman–Crippen MR) is 165 cm³/mol. The molecule has 0 saturated carbocycles. The molecule has 45 heavy (non-hydrogen) atoms. The van der Waals surface area contributed by atoms with Gasteiger partial charge in [-0.05, 0) is 31.1 Å². The van der Waals surface area contributed by atoms with Gasteiger partial charge >= 0.3 is 11.9 Å². The molecule has 0 spiro atoms. The minimum Gasteiger partial charge on any atom is -0.496 e. The first-order valence-corrected chi connectivity index (χ1v) is 14.4. The van der Waals surface area contributed by atoms with E-state index in [-0.39, 0.29) is 31.0 Å². The van der Waals surface area contributed by atoms with E-state index in [1.165, 1.54) is 20.3 Å². The SMILES string of the molecule is CCCCc1[nH]cc(C=C(Cc2cc3c(cc2OC)OCO3)C(=O)O)c1-c1cnc(OC)cc1OCc1ccccc1C(=O)O. The van der Waals surface area contributed by atoms with Gasteiger partial charge in [-0.2, -0.15) is 0 Å². The number of methoxy groups -OCH3 is 2. The third-order valence-corrected chi connectivity index (χ3v) is 7.48. The van der Waals surface area contributed by atoms with Gasteiger partial charge in [0.05, 0.1) is 19.8 Å². The van der Waals surface area contributed by atoms with E-state index in [0.717, 1.165) is 24.1 Å². The summed E-state index contributed by atoms with van der Waals surface area (Å²) < 4.78 is 28.1. The number of aliphatic carboxylic acids is 1. The lowest BCUT2D eigenvalue weighted by Crippen LogP contribution is -2.07. The zero-order valence-electron chi connectivity index (χ0n) is 25.2. The van der Waals surface area contributed by atoms with Gasteiger partial charge in [-0.1, -0.05) is 31.5 Å². The van der Waals surface area contributed by atoms with Gasteiger partial charge in [-0.15, -0.1) is 0 Å². The predicted octanol–water partition coefficient (Wildman–Crippen LogP) is 6.15. The summed E-state index contributed by atoms with van der Waals surface area (Å²) in [7, 11) is 3.01. The fourth-order valence-corrected chi connectivity index (χ4v) is 5.19. The van der Waals surface area contributed by atoms with Crippen LogP contribution in [-0.2, 0) is 24.2 Å². The van der Waals surface area contributed by atoms with Gasteiger partial charge < -0.3 is 38.9 Å². The third-order valence-electron chi connectivity index (χ3n) is 7.48. The van der Waals surface area contributed by atoms with Crippen LogP contribution >= 0.6 is 0 Å². The molecule has 11 nitrogen and oxygen atoms in total. The summed E-state index contributed by atoms with van der Waals surface area (Å²) in [6.07, 6.45) is 7.61. The van der Waals surface area contributed by atoms with Gasteiger partial charge in [0.2, 0.25) is 12.7 Å². The number of hydrogen-bond donors (Lipinski definition) is 3. The number of carboxylic acids is 2. The standard InChI is InChI=1S/C34H34N2O9/c1-4-5-10-26-32(25-17-36-31(42-3)15-28(25)43-18-20-8-6-7-9-24(20)34(39)40)23(16-35-26)12-22(33(37)38)11-21-13-29-30(45-19-44-29)14-27(21)41-2/h6-9,12-17,35H,4-5,10-11,18-19H2,1-3H3,(H,37,38)(H,39,40). The van der Waals surface area contributed by atoms with Crippen LogP contribution in [0.5, 0.6) is 28.9 Å². The van der Waals surface area contributed by atoms with Gasteiger partial charge in [-0.25, -0.2) is 14.6 Å². The molecule has 1 aliphatic rings. The van der Waals surface area contributed by atoms with E-state index in [0.29, 0.717) is 57.6 Å². The number of aryl methyl sites for hydroxylation is 1. The van der Waals surface area contributed by atoms with Gasteiger partial charge in [0.1, 0.15) is 18.1 Å². The number of hydrogen-bond acceptors (Lipinski definition) is 8. The van der Waals surface area contributed by atoms with Crippen molar-refractivity contribution in [3.63, 3.8) is 0 Å². The maximum atomic E-state index is 12.6. The van der Waals surface area contributed by atoms with E-state index in [1.807, 2.05) is 0 Å². The summed E-state index contributed by atoms with van der Waals surface area (Å²) in [4.78, 5) is 32.1. The zero-order valence-corrected chi connectivity index (χ0v) is 25.2. The number of fused-ring (bicyclic) bond motifs is 1. The minimum atomic E-state index is -1.09. The Hall–Kier alpha value is -5.45. The summed E-state index contributed by atoms with van der Waals surface area (Å²) in [6, 6.07) is 11.7. The Morgan fingerprint density at radius 1 is 1.02 bits per heavy atom. The highest BCUT2D eigenvalue weighted by molar-refractivity contribution is 5.95. The molecule has 0 unspecified atom stereocenters. The maximum absolute atomic E-state index is 12.6. The van der Waals surface area contributed by atoms with Crippen LogP contribution in [0, 0.1) is 0 Å². The summed E-state index contributed by atoms with van der Waals surface area (Å²) in [5.74, 6) is 0.118. The monoisotopic (exact) mass is 614 g/mol. The number of carboxylic acid groups (broad SMARTS) is 2. The molecule has 11 heteroatoms. The molecule has 4 aromatic rings. The molecule has 3 N–H and O–H groups in total. The molecule has 0 bridgehead atoms. The molecular weight excluding hydrogens is 580 g/mol. The normalized spacial score (nSPS) is 12.2. The van der Waals surface area contributed by atoms with Crippen molar-refractivity contribution < 1.29 is 43.5 Å². The van der Waals surface area contributed by atoms with Gasteiger partial charge in [0.15, 0.2) is 11.5 Å².